The van der Waals surface area contributed by atoms with Gasteiger partial charge in [0.25, 0.3) is 11.6 Å². The molecule has 126 valence electrons. The lowest BCUT2D eigenvalue weighted by Crippen LogP contribution is -2.31. The monoisotopic (exact) mass is 337 g/mol. The molecule has 0 bridgehead atoms. The molecule has 1 aliphatic heterocycles. The van der Waals surface area contributed by atoms with Gasteiger partial charge in [-0.05, 0) is 36.6 Å². The Hall–Kier alpha value is -1.60. The van der Waals surface area contributed by atoms with Gasteiger partial charge in [0.05, 0.1) is 9.82 Å². The van der Waals surface area contributed by atoms with E-state index in [1.807, 2.05) is 0 Å². The summed E-state index contributed by atoms with van der Waals surface area (Å²) >= 11 is 1.47. The fourth-order valence-electron chi connectivity index (χ4n) is 2.47. The van der Waals surface area contributed by atoms with E-state index in [4.69, 9.17) is 5.73 Å². The molecule has 23 heavy (non-hydrogen) atoms. The van der Waals surface area contributed by atoms with E-state index in [0.717, 1.165) is 18.6 Å². The molecule has 1 aliphatic rings. The first-order valence-electron chi connectivity index (χ1n) is 7.84. The van der Waals surface area contributed by atoms with Crippen molar-refractivity contribution in [3.05, 3.63) is 33.9 Å². The topological polar surface area (TPSA) is 89.5 Å². The summed E-state index contributed by atoms with van der Waals surface area (Å²) < 4.78 is 0. The predicted octanol–water partition coefficient (Wildman–Crippen LogP) is 2.91. The van der Waals surface area contributed by atoms with Gasteiger partial charge < -0.3 is 10.6 Å². The fourth-order valence-corrected chi connectivity index (χ4v) is 3.73. The number of carbonyl (C=O) groups is 1. The highest BCUT2D eigenvalue weighted by atomic mass is 32.2. The molecule has 0 aromatic heterocycles. The minimum absolute atomic E-state index is 0.000187. The third-order valence-corrected chi connectivity index (χ3v) is 4.96. The number of likely N-dealkylation sites (tertiary alicyclic amines) is 1. The highest BCUT2D eigenvalue weighted by molar-refractivity contribution is 7.99. The zero-order chi connectivity index (χ0) is 17.0. The van der Waals surface area contributed by atoms with Crippen molar-refractivity contribution in [1.29, 1.82) is 0 Å². The highest BCUT2D eigenvalue weighted by Crippen LogP contribution is 2.31. The molecule has 7 heteroatoms. The van der Waals surface area contributed by atoms with Crippen molar-refractivity contribution in [1.82, 2.24) is 4.90 Å². The van der Waals surface area contributed by atoms with E-state index in [-0.39, 0.29) is 17.6 Å². The van der Waals surface area contributed by atoms with Crippen molar-refractivity contribution in [2.45, 2.75) is 37.6 Å². The first-order chi connectivity index (χ1) is 10.9. The Morgan fingerprint density at radius 1 is 1.52 bits per heavy atom. The van der Waals surface area contributed by atoms with Gasteiger partial charge in [0, 0.05) is 30.8 Å². The van der Waals surface area contributed by atoms with Crippen LogP contribution in [0.15, 0.2) is 23.1 Å². The number of nitrogens with zero attached hydrogens (tertiary/aromatic N) is 2. The molecule has 0 radical (unpaired) electrons. The molecule has 1 heterocycles. The summed E-state index contributed by atoms with van der Waals surface area (Å²) in [5, 5.41) is 11.3. The molecule has 0 spiro atoms. The second kappa shape index (κ2) is 7.79. The summed E-state index contributed by atoms with van der Waals surface area (Å²) in [5.74, 6) is 1.20. The maximum atomic E-state index is 12.4. The number of hydrogen-bond acceptors (Lipinski definition) is 5. The number of amides is 1. The van der Waals surface area contributed by atoms with Crippen molar-refractivity contribution in [3.63, 3.8) is 0 Å². The Kier molecular flexibility index (Phi) is 6.01. The second-order valence-corrected chi connectivity index (χ2v) is 7.41. The van der Waals surface area contributed by atoms with Crippen LogP contribution in [0.3, 0.4) is 0 Å². The molecule has 0 saturated carbocycles. The van der Waals surface area contributed by atoms with Gasteiger partial charge in [0.2, 0.25) is 0 Å². The molecule has 1 aromatic rings. The lowest BCUT2D eigenvalue weighted by Gasteiger charge is -2.16. The number of nitrogens with two attached hydrogens (primary N) is 1. The summed E-state index contributed by atoms with van der Waals surface area (Å²) in [4.78, 5) is 25.6. The Morgan fingerprint density at radius 2 is 2.26 bits per heavy atom. The van der Waals surface area contributed by atoms with Gasteiger partial charge in [0.15, 0.2) is 0 Å². The largest absolute Gasteiger partial charge is 0.337 e. The zero-order valence-electron chi connectivity index (χ0n) is 13.5. The SMILES string of the molecule is CC(C)CCSc1ccc(C(=O)N2CC[C@@H](N)C2)cc1[N+](=O)[O-]. The molecule has 2 N–H and O–H groups in total. The van der Waals surface area contributed by atoms with Gasteiger partial charge in [-0.1, -0.05) is 13.8 Å². The van der Waals surface area contributed by atoms with Crippen molar-refractivity contribution in [2.24, 2.45) is 11.7 Å². The van der Waals surface area contributed by atoms with E-state index in [0.29, 0.717) is 29.5 Å². The van der Waals surface area contributed by atoms with Crippen molar-refractivity contribution >= 4 is 23.4 Å². The summed E-state index contributed by atoms with van der Waals surface area (Å²) in [7, 11) is 0. The number of thioether (sulfide) groups is 1. The molecular formula is C16H23N3O3S. The van der Waals surface area contributed by atoms with Gasteiger partial charge in [-0.2, -0.15) is 0 Å². The standard InChI is InChI=1S/C16H23N3O3S/c1-11(2)6-8-23-15-4-3-12(9-14(15)19(21)22)16(20)18-7-5-13(17)10-18/h3-4,9,11,13H,5-8,10,17H2,1-2H3/t13-/m1/s1. The first-order valence-corrected chi connectivity index (χ1v) is 8.83. The normalized spacial score (nSPS) is 17.7. The molecule has 1 atom stereocenters. The van der Waals surface area contributed by atoms with E-state index in [1.54, 1.807) is 17.0 Å². The number of hydrogen-bond donors (Lipinski definition) is 1. The number of nitro benzene ring substituents is 1. The molecule has 1 aromatic carbocycles. The summed E-state index contributed by atoms with van der Waals surface area (Å²) in [6.07, 6.45) is 1.77. The predicted molar refractivity (Wildman–Crippen MR) is 91.8 cm³/mol. The van der Waals surface area contributed by atoms with E-state index in [9.17, 15) is 14.9 Å². The number of nitro groups is 1. The maximum Gasteiger partial charge on any atom is 0.283 e. The van der Waals surface area contributed by atoms with Crippen LogP contribution in [0.25, 0.3) is 0 Å². The van der Waals surface area contributed by atoms with Crippen molar-refractivity contribution in [2.75, 3.05) is 18.8 Å². The molecule has 0 unspecified atom stereocenters. The van der Waals surface area contributed by atoms with Gasteiger partial charge in [-0.15, -0.1) is 11.8 Å². The van der Waals surface area contributed by atoms with E-state index >= 15 is 0 Å². The lowest BCUT2D eigenvalue weighted by atomic mass is 10.2. The average molecular weight is 337 g/mol. The molecule has 1 amide bonds. The van der Waals surface area contributed by atoms with Crippen LogP contribution in [-0.4, -0.2) is 40.6 Å². The second-order valence-electron chi connectivity index (χ2n) is 6.27. The van der Waals surface area contributed by atoms with Crippen LogP contribution in [-0.2, 0) is 0 Å². The third kappa shape index (κ3) is 4.68. The van der Waals surface area contributed by atoms with E-state index in [1.165, 1.54) is 17.8 Å². The van der Waals surface area contributed by atoms with Crippen LogP contribution in [0.1, 0.15) is 37.0 Å². The fraction of sp³-hybridized carbons (Fsp3) is 0.562. The average Bonchev–Trinajstić information content (AvgIpc) is 2.92. The van der Waals surface area contributed by atoms with Crippen LogP contribution >= 0.6 is 11.8 Å². The number of benzene rings is 1. The van der Waals surface area contributed by atoms with E-state index < -0.39 is 4.92 Å². The summed E-state index contributed by atoms with van der Waals surface area (Å²) in [5.41, 5.74) is 6.18. The molecule has 0 aliphatic carbocycles. The highest BCUT2D eigenvalue weighted by Gasteiger charge is 2.26. The lowest BCUT2D eigenvalue weighted by molar-refractivity contribution is -0.387. The summed E-state index contributed by atoms with van der Waals surface area (Å²) in [6.45, 7) is 5.37. The maximum absolute atomic E-state index is 12.4. The number of rotatable bonds is 6. The van der Waals surface area contributed by atoms with Crippen molar-refractivity contribution < 1.29 is 9.72 Å². The van der Waals surface area contributed by atoms with Crippen LogP contribution in [0.5, 0.6) is 0 Å². The Bertz CT molecular complexity index is 592. The van der Waals surface area contributed by atoms with Crippen LogP contribution in [0, 0.1) is 16.0 Å². The van der Waals surface area contributed by atoms with Gasteiger partial charge >= 0.3 is 0 Å². The minimum atomic E-state index is -0.412. The Balaban J connectivity index is 2.15. The van der Waals surface area contributed by atoms with Gasteiger partial charge in [-0.3, -0.25) is 14.9 Å². The summed E-state index contributed by atoms with van der Waals surface area (Å²) in [6, 6.07) is 4.76. The van der Waals surface area contributed by atoms with Gasteiger partial charge in [-0.25, -0.2) is 0 Å². The molecular weight excluding hydrogens is 314 g/mol. The Labute approximate surface area is 140 Å². The van der Waals surface area contributed by atoms with Crippen LogP contribution in [0.4, 0.5) is 5.69 Å². The number of carbonyl (C=O) groups excluding carboxylic acids is 1. The first kappa shape index (κ1) is 17.7. The van der Waals surface area contributed by atoms with Crippen LogP contribution in [0.2, 0.25) is 0 Å². The van der Waals surface area contributed by atoms with Gasteiger partial charge in [0.1, 0.15) is 0 Å². The van der Waals surface area contributed by atoms with Crippen molar-refractivity contribution in [3.8, 4) is 0 Å². The van der Waals surface area contributed by atoms with Crippen LogP contribution < -0.4 is 5.73 Å². The van der Waals surface area contributed by atoms with E-state index in [2.05, 4.69) is 13.8 Å². The molecule has 1 saturated heterocycles. The minimum Gasteiger partial charge on any atom is -0.337 e. The smallest absolute Gasteiger partial charge is 0.283 e. The molecule has 1 fully saturated rings. The quantitative estimate of drug-likeness (QED) is 0.490. The zero-order valence-corrected chi connectivity index (χ0v) is 14.3. The molecule has 6 nitrogen and oxygen atoms in total. The Morgan fingerprint density at radius 3 is 2.83 bits per heavy atom. The third-order valence-electron chi connectivity index (χ3n) is 3.87. The molecule has 2 rings (SSSR count).